The van der Waals surface area contributed by atoms with E-state index in [0.717, 1.165) is 15.6 Å². The van der Waals surface area contributed by atoms with Crippen LogP contribution in [0.3, 0.4) is 0 Å². The normalized spacial score (nSPS) is 10.6. The fourth-order valence-electron chi connectivity index (χ4n) is 2.26. The van der Waals surface area contributed by atoms with E-state index in [1.165, 1.54) is 11.3 Å². The van der Waals surface area contributed by atoms with Crippen LogP contribution in [-0.2, 0) is 6.54 Å². The number of carbonyl (C=O) groups is 1. The zero-order valence-electron chi connectivity index (χ0n) is 11.9. The number of thiophene rings is 1. The van der Waals surface area contributed by atoms with E-state index in [9.17, 15) is 4.79 Å². The van der Waals surface area contributed by atoms with Crippen molar-refractivity contribution in [2.75, 3.05) is 7.11 Å². The minimum absolute atomic E-state index is 0.141. The van der Waals surface area contributed by atoms with Gasteiger partial charge in [0.05, 0.1) is 7.11 Å². The number of hydrogen-bond acceptors (Lipinski definition) is 3. The van der Waals surface area contributed by atoms with Gasteiger partial charge in [-0.15, -0.1) is 11.3 Å². The van der Waals surface area contributed by atoms with Gasteiger partial charge >= 0.3 is 0 Å². The molecule has 0 bridgehead atoms. The van der Waals surface area contributed by atoms with Crippen LogP contribution in [0.2, 0.25) is 5.02 Å². The van der Waals surface area contributed by atoms with E-state index in [1.807, 2.05) is 42.5 Å². The van der Waals surface area contributed by atoms with E-state index in [2.05, 4.69) is 5.32 Å². The first-order valence-corrected chi connectivity index (χ1v) is 7.96. The summed E-state index contributed by atoms with van der Waals surface area (Å²) in [5.74, 6) is 0.459. The number of rotatable bonds is 4. The Labute approximate surface area is 137 Å². The Bertz CT molecular complexity index is 814. The molecular weight excluding hydrogens is 318 g/mol. The molecule has 22 heavy (non-hydrogen) atoms. The van der Waals surface area contributed by atoms with Crippen LogP contribution in [0.5, 0.6) is 5.75 Å². The van der Waals surface area contributed by atoms with Gasteiger partial charge in [-0.05, 0) is 23.8 Å². The van der Waals surface area contributed by atoms with Crippen molar-refractivity contribution in [2.45, 2.75) is 6.54 Å². The topological polar surface area (TPSA) is 38.3 Å². The summed E-state index contributed by atoms with van der Waals surface area (Å²) in [6.07, 6.45) is 0. The molecule has 2 aromatic carbocycles. The van der Waals surface area contributed by atoms with E-state index in [-0.39, 0.29) is 5.91 Å². The number of halogens is 1. The summed E-state index contributed by atoms with van der Waals surface area (Å²) >= 11 is 7.39. The summed E-state index contributed by atoms with van der Waals surface area (Å²) in [6.45, 7) is 0.484. The maximum Gasteiger partial charge on any atom is 0.265 e. The lowest BCUT2D eigenvalue weighted by atomic mass is 10.2. The van der Waals surface area contributed by atoms with Crippen molar-refractivity contribution < 1.29 is 9.53 Å². The van der Waals surface area contributed by atoms with E-state index >= 15 is 0 Å². The lowest BCUT2D eigenvalue weighted by Gasteiger charge is -2.05. The Hall–Kier alpha value is -2.04. The van der Waals surface area contributed by atoms with Crippen molar-refractivity contribution >= 4 is 38.9 Å². The van der Waals surface area contributed by atoms with Crippen molar-refractivity contribution in [3.8, 4) is 5.75 Å². The maximum absolute atomic E-state index is 12.4. The first-order chi connectivity index (χ1) is 10.7. The van der Waals surface area contributed by atoms with Gasteiger partial charge in [-0.1, -0.05) is 41.9 Å². The van der Waals surface area contributed by atoms with Crippen LogP contribution in [0.4, 0.5) is 0 Å². The molecule has 5 heteroatoms. The average Bonchev–Trinajstić information content (AvgIpc) is 2.91. The van der Waals surface area contributed by atoms with Crippen LogP contribution >= 0.6 is 22.9 Å². The largest absolute Gasteiger partial charge is 0.494 e. The van der Waals surface area contributed by atoms with Crippen LogP contribution in [-0.4, -0.2) is 13.0 Å². The van der Waals surface area contributed by atoms with Crippen molar-refractivity contribution in [1.29, 1.82) is 0 Å². The molecule has 1 aromatic heterocycles. The third-order valence-electron chi connectivity index (χ3n) is 3.31. The zero-order valence-corrected chi connectivity index (χ0v) is 13.5. The minimum atomic E-state index is -0.141. The van der Waals surface area contributed by atoms with Crippen molar-refractivity contribution in [2.24, 2.45) is 0 Å². The van der Waals surface area contributed by atoms with Gasteiger partial charge in [0.2, 0.25) is 0 Å². The first-order valence-electron chi connectivity index (χ1n) is 6.77. The van der Waals surface area contributed by atoms with Crippen molar-refractivity contribution in [3.05, 3.63) is 64.0 Å². The second-order valence-electron chi connectivity index (χ2n) is 4.77. The summed E-state index contributed by atoms with van der Waals surface area (Å²) in [6, 6.07) is 15.3. The molecule has 1 heterocycles. The molecule has 0 saturated heterocycles. The number of fused-ring (bicyclic) bond motifs is 1. The molecule has 112 valence electrons. The standard InChI is InChI=1S/C17H14ClNO2S/c1-21-15-13-8-7-12(18)9-14(13)22-16(15)17(20)19-10-11-5-3-2-4-6-11/h2-9H,10H2,1H3,(H,19,20). The van der Waals surface area contributed by atoms with Crippen molar-refractivity contribution in [1.82, 2.24) is 5.32 Å². The molecule has 0 atom stereocenters. The Morgan fingerprint density at radius 2 is 2.00 bits per heavy atom. The molecule has 0 fully saturated rings. The quantitative estimate of drug-likeness (QED) is 0.764. The Kier molecular flexibility index (Phi) is 4.32. The SMILES string of the molecule is COc1c(C(=O)NCc2ccccc2)sc2cc(Cl)ccc12. The molecule has 3 rings (SSSR count). The van der Waals surface area contributed by atoms with E-state index in [0.29, 0.717) is 22.2 Å². The number of hydrogen-bond donors (Lipinski definition) is 1. The number of methoxy groups -OCH3 is 1. The molecule has 0 saturated carbocycles. The van der Waals surface area contributed by atoms with Gasteiger partial charge in [0, 0.05) is 21.7 Å². The number of benzene rings is 2. The van der Waals surface area contributed by atoms with E-state index in [4.69, 9.17) is 16.3 Å². The monoisotopic (exact) mass is 331 g/mol. The van der Waals surface area contributed by atoms with Crippen LogP contribution in [0.1, 0.15) is 15.2 Å². The average molecular weight is 332 g/mol. The van der Waals surface area contributed by atoms with E-state index in [1.54, 1.807) is 13.2 Å². The molecule has 0 unspecified atom stereocenters. The maximum atomic E-state index is 12.4. The van der Waals surface area contributed by atoms with Gasteiger partial charge in [0.25, 0.3) is 5.91 Å². The van der Waals surface area contributed by atoms with Crippen LogP contribution in [0, 0.1) is 0 Å². The summed E-state index contributed by atoms with van der Waals surface area (Å²) in [5, 5.41) is 4.47. The van der Waals surface area contributed by atoms with E-state index < -0.39 is 0 Å². The number of nitrogens with one attached hydrogen (secondary N) is 1. The highest BCUT2D eigenvalue weighted by atomic mass is 35.5. The molecule has 1 N–H and O–H groups in total. The molecule has 0 aliphatic carbocycles. The third-order valence-corrected chi connectivity index (χ3v) is 4.68. The number of amides is 1. The Morgan fingerprint density at radius 1 is 1.23 bits per heavy atom. The Morgan fingerprint density at radius 3 is 2.73 bits per heavy atom. The molecule has 0 radical (unpaired) electrons. The minimum Gasteiger partial charge on any atom is -0.494 e. The predicted molar refractivity (Wildman–Crippen MR) is 91.0 cm³/mol. The van der Waals surface area contributed by atoms with Gasteiger partial charge in [-0.3, -0.25) is 4.79 Å². The molecule has 3 nitrogen and oxygen atoms in total. The highest BCUT2D eigenvalue weighted by Crippen LogP contribution is 2.38. The molecule has 0 aliphatic heterocycles. The first kappa shape index (κ1) is 14.9. The molecule has 3 aromatic rings. The number of ether oxygens (including phenoxy) is 1. The van der Waals surface area contributed by atoms with Gasteiger partial charge in [0.1, 0.15) is 10.6 Å². The highest BCUT2D eigenvalue weighted by Gasteiger charge is 2.19. The molecule has 1 amide bonds. The number of carbonyl (C=O) groups excluding carboxylic acids is 1. The zero-order chi connectivity index (χ0) is 15.5. The lowest BCUT2D eigenvalue weighted by Crippen LogP contribution is -2.22. The fourth-order valence-corrected chi connectivity index (χ4v) is 3.62. The van der Waals surface area contributed by atoms with Gasteiger partial charge < -0.3 is 10.1 Å². The summed E-state index contributed by atoms with van der Waals surface area (Å²) in [7, 11) is 1.57. The molecule has 0 aliphatic rings. The smallest absolute Gasteiger partial charge is 0.265 e. The van der Waals surface area contributed by atoms with Gasteiger partial charge in [-0.2, -0.15) is 0 Å². The third kappa shape index (κ3) is 2.93. The lowest BCUT2D eigenvalue weighted by molar-refractivity contribution is 0.0952. The van der Waals surface area contributed by atoms with Crippen LogP contribution < -0.4 is 10.1 Å². The van der Waals surface area contributed by atoms with Crippen LogP contribution in [0.15, 0.2) is 48.5 Å². The molecular formula is C17H14ClNO2S. The van der Waals surface area contributed by atoms with Gasteiger partial charge in [-0.25, -0.2) is 0 Å². The summed E-state index contributed by atoms with van der Waals surface area (Å²) in [5.41, 5.74) is 1.05. The summed E-state index contributed by atoms with van der Waals surface area (Å²) < 4.78 is 6.36. The predicted octanol–water partition coefficient (Wildman–Crippen LogP) is 4.49. The second kappa shape index (κ2) is 6.38. The fraction of sp³-hybridized carbons (Fsp3) is 0.118. The van der Waals surface area contributed by atoms with Crippen molar-refractivity contribution in [3.63, 3.8) is 0 Å². The Balaban J connectivity index is 1.87. The highest BCUT2D eigenvalue weighted by molar-refractivity contribution is 7.21. The van der Waals surface area contributed by atoms with Crippen LogP contribution in [0.25, 0.3) is 10.1 Å². The van der Waals surface area contributed by atoms with Gasteiger partial charge in [0.15, 0.2) is 0 Å². The molecule has 0 spiro atoms. The summed E-state index contributed by atoms with van der Waals surface area (Å²) in [4.78, 5) is 13.0. The second-order valence-corrected chi connectivity index (χ2v) is 6.26.